The molecule has 0 spiro atoms. The third-order valence-corrected chi connectivity index (χ3v) is 3.57. The number of alkyl halides is 1. The molecule has 120 valence electrons. The number of nitrogens with one attached hydrogen (secondary N) is 1. The van der Waals surface area contributed by atoms with E-state index in [0.29, 0.717) is 0 Å². The molecule has 1 fully saturated rings. The molecule has 0 radical (unpaired) electrons. The lowest BCUT2D eigenvalue weighted by Gasteiger charge is -2.25. The van der Waals surface area contributed by atoms with Crippen molar-refractivity contribution in [2.75, 3.05) is 6.61 Å². The number of hydrogen-bond acceptors (Lipinski definition) is 6. The van der Waals surface area contributed by atoms with Crippen molar-refractivity contribution >= 4 is 0 Å². The molecule has 0 aliphatic carbocycles. The predicted octanol–water partition coefficient (Wildman–Crippen LogP) is -1.45. The number of H-pyrrole nitrogens is 1. The highest BCUT2D eigenvalue weighted by atomic mass is 19.1. The molecule has 8 nitrogen and oxygen atoms in total. The minimum atomic E-state index is -2.42. The molecule has 0 saturated carbocycles. The largest absolute Gasteiger partial charge is 0.396 e. The molecule has 1 aliphatic rings. The van der Waals surface area contributed by atoms with Crippen molar-refractivity contribution in [3.63, 3.8) is 0 Å². The van der Waals surface area contributed by atoms with Crippen molar-refractivity contribution in [2.24, 2.45) is 5.92 Å². The standard InChI is InChI=1S/C13H16FN3O5/c1-3-4-13(14)8(5-18)9(7(2)19)22-10(13)17-6-15-11(20)16-12(17)21/h6-10,18-19H,5H2,1-2H3,(H,16,20,21)/t7-,8?,9-,10-,13?/m1/s1. The first-order chi connectivity index (χ1) is 10.3. The van der Waals surface area contributed by atoms with Crippen molar-refractivity contribution < 1.29 is 19.3 Å². The lowest BCUT2D eigenvalue weighted by atomic mass is 9.85. The first-order valence-corrected chi connectivity index (χ1v) is 6.59. The number of aliphatic hydroxyl groups is 2. The summed E-state index contributed by atoms with van der Waals surface area (Å²) < 4.78 is 21.5. The van der Waals surface area contributed by atoms with Crippen LogP contribution < -0.4 is 11.4 Å². The van der Waals surface area contributed by atoms with Crippen LogP contribution in [0.3, 0.4) is 0 Å². The van der Waals surface area contributed by atoms with E-state index in [2.05, 4.69) is 16.8 Å². The van der Waals surface area contributed by atoms with Gasteiger partial charge in [-0.1, -0.05) is 5.92 Å². The summed E-state index contributed by atoms with van der Waals surface area (Å²) in [5, 5.41) is 19.2. The van der Waals surface area contributed by atoms with Crippen molar-refractivity contribution in [3.8, 4) is 11.8 Å². The maximum atomic E-state index is 15.4. The molecular weight excluding hydrogens is 297 g/mol. The van der Waals surface area contributed by atoms with E-state index < -0.39 is 48.0 Å². The van der Waals surface area contributed by atoms with Crippen LogP contribution in [-0.4, -0.2) is 49.2 Å². The van der Waals surface area contributed by atoms with Crippen LogP contribution in [0.1, 0.15) is 20.1 Å². The number of aromatic amines is 1. The monoisotopic (exact) mass is 313 g/mol. The molecule has 2 heterocycles. The molecule has 5 atom stereocenters. The summed E-state index contributed by atoms with van der Waals surface area (Å²) in [4.78, 5) is 28.1. The van der Waals surface area contributed by atoms with E-state index in [4.69, 9.17) is 4.74 Å². The third-order valence-electron chi connectivity index (χ3n) is 3.57. The summed E-state index contributed by atoms with van der Waals surface area (Å²) in [5.41, 5.74) is -4.22. The first kappa shape index (κ1) is 16.4. The maximum absolute atomic E-state index is 15.4. The van der Waals surface area contributed by atoms with Crippen LogP contribution in [-0.2, 0) is 4.74 Å². The Hall–Kier alpha value is -2.02. The Morgan fingerprint density at radius 1 is 1.64 bits per heavy atom. The third kappa shape index (κ3) is 2.56. The van der Waals surface area contributed by atoms with Crippen molar-refractivity contribution in [2.45, 2.75) is 38.0 Å². The van der Waals surface area contributed by atoms with Gasteiger partial charge in [0.05, 0.1) is 24.7 Å². The summed E-state index contributed by atoms with van der Waals surface area (Å²) in [7, 11) is 0. The summed E-state index contributed by atoms with van der Waals surface area (Å²) >= 11 is 0. The van der Waals surface area contributed by atoms with Crippen LogP contribution >= 0.6 is 0 Å². The molecule has 1 aromatic rings. The van der Waals surface area contributed by atoms with E-state index in [0.717, 1.165) is 10.9 Å². The number of ether oxygens (including phenoxy) is 1. The van der Waals surface area contributed by atoms with Crippen LogP contribution in [0.15, 0.2) is 15.9 Å². The quantitative estimate of drug-likeness (QED) is 0.588. The molecule has 3 N–H and O–H groups in total. The molecule has 0 amide bonds. The fraction of sp³-hybridized carbons (Fsp3) is 0.615. The zero-order chi connectivity index (χ0) is 16.5. The van der Waals surface area contributed by atoms with Crippen molar-refractivity contribution in [3.05, 3.63) is 27.3 Å². The first-order valence-electron chi connectivity index (χ1n) is 6.59. The molecule has 1 aromatic heterocycles. The average molecular weight is 313 g/mol. The normalized spacial score (nSPS) is 32.3. The van der Waals surface area contributed by atoms with E-state index in [1.807, 2.05) is 4.98 Å². The van der Waals surface area contributed by atoms with Gasteiger partial charge in [0.15, 0.2) is 6.23 Å². The van der Waals surface area contributed by atoms with E-state index in [1.54, 1.807) is 0 Å². The second-order valence-corrected chi connectivity index (χ2v) is 5.01. The van der Waals surface area contributed by atoms with Crippen LogP contribution in [0.25, 0.3) is 0 Å². The van der Waals surface area contributed by atoms with Crippen LogP contribution in [0.4, 0.5) is 4.39 Å². The van der Waals surface area contributed by atoms with Crippen LogP contribution in [0.5, 0.6) is 0 Å². The van der Waals surface area contributed by atoms with Gasteiger partial charge in [-0.25, -0.2) is 14.0 Å². The van der Waals surface area contributed by atoms with E-state index in [-0.39, 0.29) is 0 Å². The number of nitrogens with zero attached hydrogens (tertiary/aromatic N) is 2. The summed E-state index contributed by atoms with van der Waals surface area (Å²) in [6, 6.07) is 0. The van der Waals surface area contributed by atoms with E-state index in [1.165, 1.54) is 13.8 Å². The Labute approximate surface area is 124 Å². The fourth-order valence-electron chi connectivity index (χ4n) is 2.59. The Balaban J connectivity index is 2.59. The van der Waals surface area contributed by atoms with Gasteiger partial charge in [-0.05, 0) is 13.8 Å². The molecule has 2 unspecified atom stereocenters. The average Bonchev–Trinajstić information content (AvgIpc) is 2.72. The molecule has 9 heteroatoms. The summed E-state index contributed by atoms with van der Waals surface area (Å²) in [6.45, 7) is 2.14. The van der Waals surface area contributed by atoms with Gasteiger partial charge in [0.1, 0.15) is 6.33 Å². The SMILES string of the molecule is CC#CC1(F)C(CO)[C@@H]([C@@H](C)O)O[C@H]1n1cnc(=O)[nH]c1=O. The minimum absolute atomic E-state index is 0.636. The van der Waals surface area contributed by atoms with Gasteiger partial charge < -0.3 is 14.9 Å². The summed E-state index contributed by atoms with van der Waals surface area (Å²) in [6.07, 6.45) is -2.87. The van der Waals surface area contributed by atoms with Crippen molar-refractivity contribution in [1.82, 2.24) is 14.5 Å². The zero-order valence-corrected chi connectivity index (χ0v) is 12.0. The van der Waals surface area contributed by atoms with Gasteiger partial charge in [-0.2, -0.15) is 4.98 Å². The van der Waals surface area contributed by atoms with Crippen molar-refractivity contribution in [1.29, 1.82) is 0 Å². The number of aliphatic hydroxyl groups excluding tert-OH is 2. The highest BCUT2D eigenvalue weighted by Crippen LogP contribution is 2.45. The Morgan fingerprint density at radius 2 is 2.32 bits per heavy atom. The Kier molecular flexibility index (Phi) is 4.46. The Morgan fingerprint density at radius 3 is 2.82 bits per heavy atom. The highest BCUT2D eigenvalue weighted by Gasteiger charge is 2.59. The van der Waals surface area contributed by atoms with Gasteiger partial charge in [0, 0.05) is 0 Å². The lowest BCUT2D eigenvalue weighted by Crippen LogP contribution is -2.44. The molecule has 2 rings (SSSR count). The molecule has 22 heavy (non-hydrogen) atoms. The fourth-order valence-corrected chi connectivity index (χ4v) is 2.59. The number of halogens is 1. The van der Waals surface area contributed by atoms with Gasteiger partial charge in [0.25, 0.3) is 0 Å². The van der Waals surface area contributed by atoms with Gasteiger partial charge in [-0.3, -0.25) is 9.55 Å². The smallest absolute Gasteiger partial charge is 0.350 e. The van der Waals surface area contributed by atoms with E-state index in [9.17, 15) is 19.8 Å². The predicted molar refractivity (Wildman–Crippen MR) is 72.6 cm³/mol. The molecule has 1 saturated heterocycles. The molecular formula is C13H16FN3O5. The van der Waals surface area contributed by atoms with Gasteiger partial charge in [-0.15, -0.1) is 5.92 Å². The number of aromatic nitrogens is 3. The zero-order valence-electron chi connectivity index (χ0n) is 12.0. The second kappa shape index (κ2) is 6.00. The minimum Gasteiger partial charge on any atom is -0.396 e. The van der Waals surface area contributed by atoms with Crippen LogP contribution in [0.2, 0.25) is 0 Å². The second-order valence-electron chi connectivity index (χ2n) is 5.01. The van der Waals surface area contributed by atoms with E-state index >= 15 is 4.39 Å². The lowest BCUT2D eigenvalue weighted by molar-refractivity contribution is -0.0767. The number of rotatable bonds is 3. The van der Waals surface area contributed by atoms with Crippen LogP contribution in [0, 0.1) is 17.8 Å². The van der Waals surface area contributed by atoms with Gasteiger partial charge >= 0.3 is 11.4 Å². The molecule has 1 aliphatic heterocycles. The molecule has 0 bridgehead atoms. The van der Waals surface area contributed by atoms with Gasteiger partial charge in [0.2, 0.25) is 5.67 Å². The number of hydrogen-bond donors (Lipinski definition) is 3. The maximum Gasteiger partial charge on any atom is 0.350 e. The Bertz CT molecular complexity index is 719. The highest BCUT2D eigenvalue weighted by molar-refractivity contribution is 5.22. The summed E-state index contributed by atoms with van der Waals surface area (Å²) in [5.74, 6) is 3.54. The molecule has 0 aromatic carbocycles. The topological polar surface area (TPSA) is 117 Å².